The molecular weight excluding hydrogens is 713 g/mol. The molecule has 1 N–H and O–H groups in total. The highest BCUT2D eigenvalue weighted by Gasteiger charge is 2.36. The normalized spacial score (nSPS) is 13.4. The fourth-order valence-corrected chi connectivity index (χ4v) is 7.58. The first-order valence-electron chi connectivity index (χ1n) is 19.4. The van der Waals surface area contributed by atoms with Gasteiger partial charge in [-0.25, -0.2) is 4.79 Å². The zero-order valence-corrected chi connectivity index (χ0v) is 33.6. The van der Waals surface area contributed by atoms with Gasteiger partial charge in [-0.3, -0.25) is 14.4 Å². The molecule has 0 saturated heterocycles. The summed E-state index contributed by atoms with van der Waals surface area (Å²) in [4.78, 5) is 59.4. The van der Waals surface area contributed by atoms with Crippen LogP contribution in [0.2, 0.25) is 0 Å². The van der Waals surface area contributed by atoms with Crippen LogP contribution in [-0.4, -0.2) is 90.9 Å². The first kappa shape index (κ1) is 40.4. The van der Waals surface area contributed by atoms with Crippen LogP contribution in [0.15, 0.2) is 133 Å². The van der Waals surface area contributed by atoms with E-state index < -0.39 is 23.7 Å². The summed E-state index contributed by atoms with van der Waals surface area (Å²) in [6.07, 6.45) is 3.50. The van der Waals surface area contributed by atoms with Crippen molar-refractivity contribution < 1.29 is 23.9 Å². The Labute approximate surface area is 335 Å². The van der Waals surface area contributed by atoms with Gasteiger partial charge in [-0.2, -0.15) is 0 Å². The van der Waals surface area contributed by atoms with Crippen LogP contribution in [0.25, 0.3) is 21.9 Å². The van der Waals surface area contributed by atoms with Gasteiger partial charge < -0.3 is 24.8 Å². The predicted octanol–water partition coefficient (Wildman–Crippen LogP) is 7.63. The van der Waals surface area contributed by atoms with Crippen molar-refractivity contribution in [1.82, 2.24) is 20.0 Å². The molecule has 294 valence electrons. The number of benzene rings is 5. The van der Waals surface area contributed by atoms with E-state index in [2.05, 4.69) is 29.6 Å². The second-order valence-corrected chi connectivity index (χ2v) is 15.7. The Morgan fingerprint density at radius 1 is 0.667 bits per heavy atom. The number of nitrogens with one attached hydrogen (secondary N) is 1. The van der Waals surface area contributed by atoms with Gasteiger partial charge >= 0.3 is 6.09 Å². The Hall–Kier alpha value is -6.22. The topological polar surface area (TPSA) is 99.3 Å². The van der Waals surface area contributed by atoms with Crippen LogP contribution >= 0.6 is 0 Å². The molecule has 9 nitrogen and oxygen atoms in total. The maximum atomic E-state index is 14.5. The number of rotatable bonds is 14. The van der Waals surface area contributed by atoms with Crippen LogP contribution in [0, 0.1) is 0 Å². The molecule has 0 spiro atoms. The van der Waals surface area contributed by atoms with E-state index in [-0.39, 0.29) is 36.7 Å². The van der Waals surface area contributed by atoms with Crippen LogP contribution in [0.1, 0.15) is 48.4 Å². The fraction of sp³-hybridized carbons (Fsp3) is 0.292. The van der Waals surface area contributed by atoms with Crippen molar-refractivity contribution in [3.8, 4) is 11.1 Å². The molecule has 0 heterocycles. The second-order valence-electron chi connectivity index (χ2n) is 15.7. The summed E-state index contributed by atoms with van der Waals surface area (Å²) < 4.78 is 5.77. The Morgan fingerprint density at radius 2 is 1.23 bits per heavy atom. The van der Waals surface area contributed by atoms with Gasteiger partial charge in [0.15, 0.2) is 0 Å². The van der Waals surface area contributed by atoms with Gasteiger partial charge in [0.05, 0.1) is 0 Å². The third-order valence-electron chi connectivity index (χ3n) is 10.8. The fourth-order valence-electron chi connectivity index (χ4n) is 7.58. The van der Waals surface area contributed by atoms with Crippen molar-refractivity contribution in [1.29, 1.82) is 0 Å². The Kier molecular flexibility index (Phi) is 12.6. The van der Waals surface area contributed by atoms with Crippen LogP contribution in [0.3, 0.4) is 0 Å². The van der Waals surface area contributed by atoms with E-state index in [4.69, 9.17) is 4.74 Å². The van der Waals surface area contributed by atoms with E-state index in [1.807, 2.05) is 111 Å². The molecule has 0 unspecified atom stereocenters. The molecule has 57 heavy (non-hydrogen) atoms. The molecule has 2 atom stereocenters. The summed E-state index contributed by atoms with van der Waals surface area (Å²) in [5.41, 5.74) is 5.65. The summed E-state index contributed by atoms with van der Waals surface area (Å²) in [5.74, 6) is -0.990. The Balaban J connectivity index is 1.14. The third-order valence-corrected chi connectivity index (χ3v) is 10.8. The average molecular weight is 765 g/mol. The van der Waals surface area contributed by atoms with Crippen molar-refractivity contribution in [3.05, 3.63) is 156 Å². The van der Waals surface area contributed by atoms with E-state index in [0.29, 0.717) is 12.8 Å². The minimum atomic E-state index is -0.909. The molecule has 4 amide bonds. The van der Waals surface area contributed by atoms with Crippen LogP contribution in [-0.2, 0) is 32.0 Å². The van der Waals surface area contributed by atoms with Crippen LogP contribution in [0.5, 0.6) is 0 Å². The number of likely N-dealkylation sites (N-methyl/N-ethyl adjacent to an activating group) is 3. The van der Waals surface area contributed by atoms with E-state index in [1.165, 1.54) is 20.8 Å². The van der Waals surface area contributed by atoms with Gasteiger partial charge in [0.25, 0.3) is 0 Å². The lowest BCUT2D eigenvalue weighted by atomic mass is 9.98. The molecule has 0 radical (unpaired) electrons. The maximum absolute atomic E-state index is 14.5. The number of fused-ring (bicyclic) bond motifs is 4. The second kappa shape index (κ2) is 17.7. The van der Waals surface area contributed by atoms with Gasteiger partial charge in [0.1, 0.15) is 18.7 Å². The molecule has 9 heteroatoms. The summed E-state index contributed by atoms with van der Waals surface area (Å²) in [6.45, 7) is 3.92. The summed E-state index contributed by atoms with van der Waals surface area (Å²) in [5, 5.41) is 5.05. The highest BCUT2D eigenvalue weighted by molar-refractivity contribution is 5.95. The van der Waals surface area contributed by atoms with Gasteiger partial charge in [-0.1, -0.05) is 127 Å². The zero-order chi connectivity index (χ0) is 40.7. The minimum absolute atomic E-state index is 0.0572. The first-order chi connectivity index (χ1) is 27.3. The third kappa shape index (κ3) is 9.60. The largest absolute Gasteiger partial charge is 0.449 e. The number of hydrogen-bond acceptors (Lipinski definition) is 5. The summed E-state index contributed by atoms with van der Waals surface area (Å²) >= 11 is 0. The number of carbonyl (C=O) groups excluding carboxylic acids is 4. The molecular formula is C48H52N4O5. The van der Waals surface area contributed by atoms with E-state index in [9.17, 15) is 19.2 Å². The molecule has 5 aromatic carbocycles. The monoisotopic (exact) mass is 764 g/mol. The lowest BCUT2D eigenvalue weighted by Gasteiger charge is -2.35. The van der Waals surface area contributed by atoms with Gasteiger partial charge in [-0.15, -0.1) is 0 Å². The summed E-state index contributed by atoms with van der Waals surface area (Å²) in [6, 6.07) is 38.3. The maximum Gasteiger partial charge on any atom is 0.407 e. The standard InChI is InChI=1S/C48H52N4O5/c1-48(2,49-47(56)57-32-41-39-23-14-12-21-37(39)38-22-13-15-24-40(38)41)28-16-25-44(53)51(5)43(31-34-26-27-35-19-10-11-20-36(35)29-34)46(55)52(6)42(45(54)50(3)4)30-33-17-8-7-9-18-33/h7-27,29,41-43H,28,30-32H2,1-6H3,(H,49,56)/b25-16+/t42-,43-/m1/s1. The van der Waals surface area contributed by atoms with Gasteiger partial charge in [0.2, 0.25) is 17.7 Å². The molecule has 0 fully saturated rings. The van der Waals surface area contributed by atoms with E-state index in [1.54, 1.807) is 34.3 Å². The molecule has 6 rings (SSSR count). The Bertz CT molecular complexity index is 2220. The van der Waals surface area contributed by atoms with E-state index in [0.717, 1.165) is 44.2 Å². The molecule has 1 aliphatic carbocycles. The number of nitrogens with zero attached hydrogens (tertiary/aromatic N) is 3. The van der Waals surface area contributed by atoms with Crippen LogP contribution in [0.4, 0.5) is 4.79 Å². The van der Waals surface area contributed by atoms with Crippen molar-refractivity contribution in [3.63, 3.8) is 0 Å². The molecule has 0 aliphatic heterocycles. The average Bonchev–Trinajstić information content (AvgIpc) is 3.53. The van der Waals surface area contributed by atoms with Crippen LogP contribution < -0.4 is 5.32 Å². The SMILES string of the molecule is CN(C)C(=O)[C@@H](Cc1ccccc1)N(C)C(=O)[C@@H](Cc1ccc2ccccc2c1)N(C)C(=O)/C=C/CC(C)(C)NC(=O)OCC1c2ccccc2-c2ccccc21. The minimum Gasteiger partial charge on any atom is -0.449 e. The lowest BCUT2D eigenvalue weighted by Crippen LogP contribution is -2.55. The molecule has 0 bridgehead atoms. The first-order valence-corrected chi connectivity index (χ1v) is 19.4. The molecule has 1 aliphatic rings. The Morgan fingerprint density at radius 3 is 1.88 bits per heavy atom. The number of hydrogen-bond donors (Lipinski definition) is 1. The highest BCUT2D eigenvalue weighted by atomic mass is 16.5. The number of carbonyl (C=O) groups is 4. The van der Waals surface area contributed by atoms with E-state index >= 15 is 0 Å². The smallest absolute Gasteiger partial charge is 0.407 e. The van der Waals surface area contributed by atoms with Crippen molar-refractivity contribution in [2.24, 2.45) is 0 Å². The van der Waals surface area contributed by atoms with Gasteiger partial charge in [-0.05, 0) is 70.5 Å². The van der Waals surface area contributed by atoms with Crippen molar-refractivity contribution in [2.75, 3.05) is 34.8 Å². The molecule has 0 aromatic heterocycles. The quantitative estimate of drug-likeness (QED) is 0.117. The van der Waals surface area contributed by atoms with Crippen molar-refractivity contribution in [2.45, 2.75) is 56.7 Å². The predicted molar refractivity (Wildman–Crippen MR) is 226 cm³/mol. The molecule has 0 saturated carbocycles. The number of ether oxygens (including phenoxy) is 1. The lowest BCUT2D eigenvalue weighted by molar-refractivity contribution is -0.148. The number of amides is 4. The zero-order valence-electron chi connectivity index (χ0n) is 33.6. The summed E-state index contributed by atoms with van der Waals surface area (Å²) in [7, 11) is 6.60. The molecule has 5 aromatic rings. The van der Waals surface area contributed by atoms with Crippen molar-refractivity contribution >= 4 is 34.6 Å². The number of alkyl carbamates (subject to hydrolysis) is 1. The van der Waals surface area contributed by atoms with Gasteiger partial charge in [0, 0.05) is 52.5 Å². The highest BCUT2D eigenvalue weighted by Crippen LogP contribution is 2.44.